The Hall–Kier alpha value is -2.73. The molecule has 6 heteroatoms. The van der Waals surface area contributed by atoms with E-state index in [-0.39, 0.29) is 12.0 Å². The van der Waals surface area contributed by atoms with Crippen LogP contribution in [0.4, 0.5) is 5.69 Å². The summed E-state index contributed by atoms with van der Waals surface area (Å²) in [5.41, 5.74) is 1.75. The number of anilines is 1. The molecule has 6 nitrogen and oxygen atoms in total. The van der Waals surface area contributed by atoms with Crippen molar-refractivity contribution in [2.75, 3.05) is 25.9 Å². The lowest BCUT2D eigenvalue weighted by atomic mass is 9.99. The van der Waals surface area contributed by atoms with Crippen molar-refractivity contribution in [1.82, 2.24) is 0 Å². The Kier molecular flexibility index (Phi) is 5.63. The Morgan fingerprint density at radius 1 is 1.15 bits per heavy atom. The molecular formula is C20H23NO5. The van der Waals surface area contributed by atoms with E-state index in [2.05, 4.69) is 0 Å². The number of carbonyl (C=O) groups excluding carboxylic acids is 1. The normalized spacial score (nSPS) is 19.3. The predicted molar refractivity (Wildman–Crippen MR) is 97.3 cm³/mol. The van der Waals surface area contributed by atoms with Crippen LogP contribution in [0.15, 0.2) is 48.5 Å². The van der Waals surface area contributed by atoms with Gasteiger partial charge in [0.2, 0.25) is 0 Å². The second-order valence-corrected chi connectivity index (χ2v) is 5.87. The van der Waals surface area contributed by atoms with E-state index in [0.717, 1.165) is 11.3 Å². The zero-order valence-corrected chi connectivity index (χ0v) is 15.2. The van der Waals surface area contributed by atoms with E-state index in [0.29, 0.717) is 24.5 Å². The van der Waals surface area contributed by atoms with Gasteiger partial charge < -0.3 is 14.2 Å². The standard InChI is InChI=1S/C20H23NO5/c1-4-25-20(22)19-13-17(21(26-19)14-8-6-5-7-9-14)16-12-15(23-2)10-11-18(16)24-3/h5-12,17,19H,4,13H2,1-3H3. The number of ether oxygens (including phenoxy) is 3. The van der Waals surface area contributed by atoms with Crippen LogP contribution in [0.3, 0.4) is 0 Å². The molecule has 0 amide bonds. The lowest BCUT2D eigenvalue weighted by Crippen LogP contribution is -2.26. The van der Waals surface area contributed by atoms with Gasteiger partial charge in [-0.2, -0.15) is 0 Å². The van der Waals surface area contributed by atoms with Crippen LogP contribution in [-0.4, -0.2) is 32.9 Å². The fraction of sp³-hybridized carbons (Fsp3) is 0.350. The molecule has 138 valence electrons. The Morgan fingerprint density at radius 2 is 1.92 bits per heavy atom. The molecule has 1 aliphatic heterocycles. The number of carbonyl (C=O) groups is 1. The number of hydroxylamine groups is 1. The van der Waals surface area contributed by atoms with E-state index in [9.17, 15) is 4.79 Å². The highest BCUT2D eigenvalue weighted by Gasteiger charge is 2.41. The number of hydrogen-bond acceptors (Lipinski definition) is 6. The first-order valence-corrected chi connectivity index (χ1v) is 8.57. The molecule has 0 radical (unpaired) electrons. The first-order valence-electron chi connectivity index (χ1n) is 8.57. The first kappa shape index (κ1) is 18.1. The summed E-state index contributed by atoms with van der Waals surface area (Å²) in [5, 5.41) is 1.75. The summed E-state index contributed by atoms with van der Waals surface area (Å²) < 4.78 is 16.0. The van der Waals surface area contributed by atoms with E-state index in [1.807, 2.05) is 48.5 Å². The highest BCUT2D eigenvalue weighted by molar-refractivity contribution is 5.76. The number of hydrogen-bond donors (Lipinski definition) is 0. The highest BCUT2D eigenvalue weighted by Crippen LogP contribution is 2.42. The van der Waals surface area contributed by atoms with Crippen molar-refractivity contribution in [1.29, 1.82) is 0 Å². The van der Waals surface area contributed by atoms with Gasteiger partial charge in [-0.1, -0.05) is 18.2 Å². The molecule has 1 saturated heterocycles. The van der Waals surface area contributed by atoms with E-state index < -0.39 is 6.10 Å². The highest BCUT2D eigenvalue weighted by atomic mass is 16.7. The van der Waals surface area contributed by atoms with Crippen LogP contribution in [0.25, 0.3) is 0 Å². The molecule has 2 atom stereocenters. The molecule has 0 N–H and O–H groups in total. The molecule has 1 aliphatic rings. The topological polar surface area (TPSA) is 57.2 Å². The summed E-state index contributed by atoms with van der Waals surface area (Å²) in [6.45, 7) is 2.10. The number of esters is 1. The van der Waals surface area contributed by atoms with Crippen LogP contribution >= 0.6 is 0 Å². The summed E-state index contributed by atoms with van der Waals surface area (Å²) in [5.74, 6) is 1.07. The van der Waals surface area contributed by atoms with Gasteiger partial charge in [-0.3, -0.25) is 4.84 Å². The molecule has 0 aromatic heterocycles. The molecule has 0 spiro atoms. The van der Waals surface area contributed by atoms with Gasteiger partial charge in [-0.05, 0) is 37.3 Å². The van der Waals surface area contributed by atoms with Gasteiger partial charge in [0.15, 0.2) is 6.10 Å². The number of rotatable bonds is 6. The molecule has 0 bridgehead atoms. The Morgan fingerprint density at radius 3 is 2.58 bits per heavy atom. The average molecular weight is 357 g/mol. The van der Waals surface area contributed by atoms with Crippen LogP contribution in [0, 0.1) is 0 Å². The minimum atomic E-state index is -0.670. The maximum atomic E-state index is 12.2. The Labute approximate surface area is 153 Å². The lowest BCUT2D eigenvalue weighted by Gasteiger charge is -2.26. The SMILES string of the molecule is CCOC(=O)C1CC(c2cc(OC)ccc2OC)N(c2ccccc2)O1. The third-order valence-electron chi connectivity index (χ3n) is 4.32. The summed E-state index contributed by atoms with van der Waals surface area (Å²) in [4.78, 5) is 18.2. The van der Waals surface area contributed by atoms with Gasteiger partial charge in [0.05, 0.1) is 32.6 Å². The predicted octanol–water partition coefficient (Wildman–Crippen LogP) is 3.52. The summed E-state index contributed by atoms with van der Waals surface area (Å²) in [6.07, 6.45) is -0.215. The molecule has 0 aliphatic carbocycles. The van der Waals surface area contributed by atoms with Crippen molar-refractivity contribution >= 4 is 11.7 Å². The van der Waals surface area contributed by atoms with Crippen LogP contribution < -0.4 is 14.5 Å². The van der Waals surface area contributed by atoms with Crippen LogP contribution in [-0.2, 0) is 14.4 Å². The van der Waals surface area contributed by atoms with E-state index in [1.165, 1.54) is 0 Å². The van der Waals surface area contributed by atoms with Crippen molar-refractivity contribution in [2.45, 2.75) is 25.5 Å². The fourth-order valence-corrected chi connectivity index (χ4v) is 3.10. The van der Waals surface area contributed by atoms with Crippen molar-refractivity contribution < 1.29 is 23.8 Å². The Balaban J connectivity index is 2.00. The van der Waals surface area contributed by atoms with Crippen LogP contribution in [0.1, 0.15) is 24.9 Å². The lowest BCUT2D eigenvalue weighted by molar-refractivity contribution is -0.154. The zero-order valence-electron chi connectivity index (χ0n) is 15.2. The molecule has 0 saturated carbocycles. The van der Waals surface area contributed by atoms with Crippen molar-refractivity contribution in [3.8, 4) is 11.5 Å². The first-order chi connectivity index (χ1) is 12.7. The molecule has 3 rings (SSSR count). The molecule has 2 aromatic rings. The second kappa shape index (κ2) is 8.10. The van der Waals surface area contributed by atoms with Gasteiger partial charge in [0.25, 0.3) is 0 Å². The van der Waals surface area contributed by atoms with Crippen LogP contribution in [0.2, 0.25) is 0 Å². The third kappa shape index (κ3) is 3.60. The van der Waals surface area contributed by atoms with Crippen molar-refractivity contribution in [3.05, 3.63) is 54.1 Å². The van der Waals surface area contributed by atoms with Gasteiger partial charge >= 0.3 is 5.97 Å². The summed E-state index contributed by atoms with van der Waals surface area (Å²) >= 11 is 0. The monoisotopic (exact) mass is 357 g/mol. The number of benzene rings is 2. The van der Waals surface area contributed by atoms with Crippen molar-refractivity contribution in [3.63, 3.8) is 0 Å². The summed E-state index contributed by atoms with van der Waals surface area (Å²) in [7, 11) is 3.24. The number of methoxy groups -OCH3 is 2. The minimum absolute atomic E-state index is 0.211. The quantitative estimate of drug-likeness (QED) is 0.738. The average Bonchev–Trinajstić information content (AvgIpc) is 3.13. The van der Waals surface area contributed by atoms with Crippen molar-refractivity contribution in [2.24, 2.45) is 0 Å². The number of nitrogens with zero attached hydrogens (tertiary/aromatic N) is 1. The zero-order chi connectivity index (χ0) is 18.5. The second-order valence-electron chi connectivity index (χ2n) is 5.87. The number of para-hydroxylation sites is 1. The van der Waals surface area contributed by atoms with Gasteiger partial charge in [0, 0.05) is 12.0 Å². The fourth-order valence-electron chi connectivity index (χ4n) is 3.10. The molecular weight excluding hydrogens is 334 g/mol. The molecule has 2 unspecified atom stereocenters. The van der Waals surface area contributed by atoms with E-state index in [1.54, 1.807) is 26.2 Å². The maximum Gasteiger partial charge on any atom is 0.338 e. The Bertz CT molecular complexity index is 749. The van der Waals surface area contributed by atoms with E-state index in [4.69, 9.17) is 19.0 Å². The largest absolute Gasteiger partial charge is 0.497 e. The van der Waals surface area contributed by atoms with Gasteiger partial charge in [-0.25, -0.2) is 9.86 Å². The molecule has 1 fully saturated rings. The van der Waals surface area contributed by atoms with Gasteiger partial charge in [0.1, 0.15) is 11.5 Å². The molecule has 26 heavy (non-hydrogen) atoms. The smallest absolute Gasteiger partial charge is 0.338 e. The van der Waals surface area contributed by atoms with Gasteiger partial charge in [-0.15, -0.1) is 0 Å². The summed E-state index contributed by atoms with van der Waals surface area (Å²) in [6, 6.07) is 15.1. The minimum Gasteiger partial charge on any atom is -0.497 e. The maximum absolute atomic E-state index is 12.2. The van der Waals surface area contributed by atoms with Crippen LogP contribution in [0.5, 0.6) is 11.5 Å². The molecule has 2 aromatic carbocycles. The third-order valence-corrected chi connectivity index (χ3v) is 4.32. The molecule has 1 heterocycles. The van der Waals surface area contributed by atoms with E-state index >= 15 is 0 Å².